The van der Waals surface area contributed by atoms with Crippen LogP contribution in [0.4, 0.5) is 5.88 Å². The van der Waals surface area contributed by atoms with E-state index in [9.17, 15) is 4.79 Å². The summed E-state index contributed by atoms with van der Waals surface area (Å²) in [6.07, 6.45) is 0.264. The molecule has 152 valence electrons. The second kappa shape index (κ2) is 9.21. The van der Waals surface area contributed by atoms with Crippen molar-refractivity contribution in [3.8, 4) is 5.75 Å². The van der Waals surface area contributed by atoms with Crippen molar-refractivity contribution in [1.82, 2.24) is 10.1 Å². The zero-order valence-electron chi connectivity index (χ0n) is 16.9. The Morgan fingerprint density at radius 3 is 2.57 bits per heavy atom. The van der Waals surface area contributed by atoms with Gasteiger partial charge >= 0.3 is 0 Å². The highest BCUT2D eigenvalue weighted by Gasteiger charge is 2.19. The summed E-state index contributed by atoms with van der Waals surface area (Å²) in [6.45, 7) is 11.2. The van der Waals surface area contributed by atoms with Gasteiger partial charge in [-0.15, -0.1) is 0 Å². The number of hydrogen-bond donors (Lipinski definition) is 1. The van der Waals surface area contributed by atoms with Gasteiger partial charge in [-0.3, -0.25) is 15.0 Å². The highest BCUT2D eigenvalue weighted by molar-refractivity contribution is 5.91. The van der Waals surface area contributed by atoms with Crippen LogP contribution in [0, 0.1) is 0 Å². The number of aromatic nitrogens is 1. The maximum Gasteiger partial charge on any atom is 0.231 e. The van der Waals surface area contributed by atoms with Gasteiger partial charge in [-0.1, -0.05) is 38.1 Å². The molecule has 3 rings (SSSR count). The molecule has 1 fully saturated rings. The molecular formula is C21H29N3O4. The molecule has 1 aliphatic heterocycles. The van der Waals surface area contributed by atoms with E-state index < -0.39 is 0 Å². The molecule has 0 atom stereocenters. The van der Waals surface area contributed by atoms with Crippen LogP contribution in [0.2, 0.25) is 0 Å². The Balaban J connectivity index is 1.43. The molecule has 1 saturated heterocycles. The van der Waals surface area contributed by atoms with E-state index in [1.165, 1.54) is 0 Å². The smallest absolute Gasteiger partial charge is 0.231 e. The monoisotopic (exact) mass is 387 g/mol. The number of ether oxygens (including phenoxy) is 2. The quantitative estimate of drug-likeness (QED) is 0.787. The third-order valence-electron chi connectivity index (χ3n) is 4.61. The van der Waals surface area contributed by atoms with Gasteiger partial charge in [0, 0.05) is 31.1 Å². The molecule has 0 spiro atoms. The van der Waals surface area contributed by atoms with E-state index in [1.54, 1.807) is 6.07 Å². The molecule has 1 aliphatic rings. The molecule has 0 aliphatic carbocycles. The second-order valence-corrected chi connectivity index (χ2v) is 8.00. The van der Waals surface area contributed by atoms with Gasteiger partial charge in [0.05, 0.1) is 25.3 Å². The zero-order valence-corrected chi connectivity index (χ0v) is 16.9. The Morgan fingerprint density at radius 2 is 1.93 bits per heavy atom. The van der Waals surface area contributed by atoms with Crippen molar-refractivity contribution in [2.24, 2.45) is 0 Å². The first-order valence-electron chi connectivity index (χ1n) is 9.69. The standard InChI is InChI=1S/C21H29N3O4/c1-21(2,3)18-15-20(28-23-18)22-19(25)14-16-4-6-17(7-5-16)27-13-10-24-8-11-26-12-9-24/h4-7,15H,8-14H2,1-3H3,(H,22,25). The Kier molecular flexibility index (Phi) is 6.70. The summed E-state index contributed by atoms with van der Waals surface area (Å²) in [4.78, 5) is 14.6. The van der Waals surface area contributed by atoms with Crippen LogP contribution in [0.1, 0.15) is 32.0 Å². The number of anilines is 1. The summed E-state index contributed by atoms with van der Waals surface area (Å²) < 4.78 is 16.3. The number of amides is 1. The predicted octanol–water partition coefficient (Wildman–Crippen LogP) is 2.86. The van der Waals surface area contributed by atoms with Gasteiger partial charge < -0.3 is 14.0 Å². The van der Waals surface area contributed by atoms with Crippen molar-refractivity contribution in [2.75, 3.05) is 44.8 Å². The molecule has 2 heterocycles. The highest BCUT2D eigenvalue weighted by Crippen LogP contribution is 2.23. The molecular weight excluding hydrogens is 358 g/mol. The summed E-state index contributed by atoms with van der Waals surface area (Å²) in [5, 5.41) is 6.76. The number of hydrogen-bond acceptors (Lipinski definition) is 6. The molecule has 28 heavy (non-hydrogen) atoms. The van der Waals surface area contributed by atoms with E-state index >= 15 is 0 Å². The lowest BCUT2D eigenvalue weighted by atomic mass is 9.92. The van der Waals surface area contributed by atoms with E-state index in [4.69, 9.17) is 14.0 Å². The van der Waals surface area contributed by atoms with Gasteiger partial charge in [0.1, 0.15) is 12.4 Å². The molecule has 7 heteroatoms. The molecule has 0 unspecified atom stereocenters. The molecule has 0 bridgehead atoms. The SMILES string of the molecule is CC(C)(C)c1cc(NC(=O)Cc2ccc(OCCN3CCOCC3)cc2)on1. The van der Waals surface area contributed by atoms with E-state index in [0.29, 0.717) is 12.5 Å². The highest BCUT2D eigenvalue weighted by atomic mass is 16.5. The summed E-state index contributed by atoms with van der Waals surface area (Å²) in [6, 6.07) is 9.38. The van der Waals surface area contributed by atoms with Crippen LogP contribution < -0.4 is 10.1 Å². The minimum atomic E-state index is -0.141. The van der Waals surface area contributed by atoms with Crippen LogP contribution in [0.5, 0.6) is 5.75 Å². The van der Waals surface area contributed by atoms with Gasteiger partial charge in [0.15, 0.2) is 0 Å². The number of rotatable bonds is 7. The van der Waals surface area contributed by atoms with Gasteiger partial charge in [-0.2, -0.15) is 0 Å². The number of morpholine rings is 1. The number of nitrogens with one attached hydrogen (secondary N) is 1. The fourth-order valence-electron chi connectivity index (χ4n) is 2.88. The molecule has 1 aromatic heterocycles. The lowest BCUT2D eigenvalue weighted by Crippen LogP contribution is -2.38. The van der Waals surface area contributed by atoms with E-state index in [1.807, 2.05) is 45.0 Å². The minimum Gasteiger partial charge on any atom is -0.492 e. The van der Waals surface area contributed by atoms with E-state index in [0.717, 1.165) is 49.9 Å². The number of benzene rings is 1. The molecule has 0 radical (unpaired) electrons. The van der Waals surface area contributed by atoms with E-state index in [2.05, 4.69) is 15.4 Å². The second-order valence-electron chi connectivity index (χ2n) is 8.00. The molecule has 2 aromatic rings. The zero-order chi connectivity index (χ0) is 20.0. The number of nitrogens with zero attached hydrogens (tertiary/aromatic N) is 2. The van der Waals surface area contributed by atoms with Gasteiger partial charge in [-0.05, 0) is 17.7 Å². The first kappa shape index (κ1) is 20.4. The third-order valence-corrected chi connectivity index (χ3v) is 4.61. The average molecular weight is 387 g/mol. The van der Waals surface area contributed by atoms with Crippen LogP contribution >= 0.6 is 0 Å². The van der Waals surface area contributed by atoms with Crippen molar-refractivity contribution in [1.29, 1.82) is 0 Å². The fraction of sp³-hybridized carbons (Fsp3) is 0.524. The maximum absolute atomic E-state index is 12.2. The minimum absolute atomic E-state index is 0.121. The average Bonchev–Trinajstić information content (AvgIpc) is 3.13. The van der Waals surface area contributed by atoms with Crippen molar-refractivity contribution in [2.45, 2.75) is 32.6 Å². The summed E-state index contributed by atoms with van der Waals surface area (Å²) >= 11 is 0. The first-order valence-corrected chi connectivity index (χ1v) is 9.69. The van der Waals surface area contributed by atoms with Crippen LogP contribution in [0.15, 0.2) is 34.9 Å². The van der Waals surface area contributed by atoms with Crippen molar-refractivity contribution in [3.05, 3.63) is 41.6 Å². The Bertz CT molecular complexity index is 759. The Labute approximate surface area is 166 Å². The molecule has 0 saturated carbocycles. The van der Waals surface area contributed by atoms with Crippen LogP contribution in [-0.2, 0) is 21.4 Å². The van der Waals surface area contributed by atoms with Crippen LogP contribution in [0.3, 0.4) is 0 Å². The largest absolute Gasteiger partial charge is 0.492 e. The lowest BCUT2D eigenvalue weighted by molar-refractivity contribution is -0.115. The van der Waals surface area contributed by atoms with Crippen LogP contribution in [0.25, 0.3) is 0 Å². The van der Waals surface area contributed by atoms with Gasteiger partial charge in [0.2, 0.25) is 11.8 Å². The molecule has 1 N–H and O–H groups in total. The van der Waals surface area contributed by atoms with Crippen LogP contribution in [-0.4, -0.2) is 55.4 Å². The van der Waals surface area contributed by atoms with Gasteiger partial charge in [-0.25, -0.2) is 0 Å². The summed E-state index contributed by atoms with van der Waals surface area (Å²) in [5.41, 5.74) is 1.60. The predicted molar refractivity (Wildman–Crippen MR) is 107 cm³/mol. The normalized spacial score (nSPS) is 15.4. The van der Waals surface area contributed by atoms with Crippen molar-refractivity contribution >= 4 is 11.8 Å². The summed E-state index contributed by atoms with van der Waals surface area (Å²) in [5.74, 6) is 1.04. The topological polar surface area (TPSA) is 76.8 Å². The Hall–Kier alpha value is -2.38. The lowest BCUT2D eigenvalue weighted by Gasteiger charge is -2.26. The maximum atomic E-state index is 12.2. The fourth-order valence-corrected chi connectivity index (χ4v) is 2.88. The van der Waals surface area contributed by atoms with Crippen molar-refractivity contribution in [3.63, 3.8) is 0 Å². The first-order chi connectivity index (χ1) is 13.4. The molecule has 1 amide bonds. The van der Waals surface area contributed by atoms with Crippen molar-refractivity contribution < 1.29 is 18.8 Å². The third kappa shape index (κ3) is 6.07. The van der Waals surface area contributed by atoms with E-state index in [-0.39, 0.29) is 17.7 Å². The summed E-state index contributed by atoms with van der Waals surface area (Å²) in [7, 11) is 0. The van der Waals surface area contributed by atoms with Gasteiger partial charge in [0.25, 0.3) is 0 Å². The number of carbonyl (C=O) groups is 1. The molecule has 1 aromatic carbocycles. The number of carbonyl (C=O) groups excluding carboxylic acids is 1. The Morgan fingerprint density at radius 1 is 1.21 bits per heavy atom. The molecule has 7 nitrogen and oxygen atoms in total.